The van der Waals surface area contributed by atoms with Crippen LogP contribution < -0.4 is 21.9 Å². The molecule has 0 aromatic carbocycles. The van der Waals surface area contributed by atoms with Gasteiger partial charge in [-0.2, -0.15) is 0 Å². The fourth-order valence-electron chi connectivity index (χ4n) is 1.24. The third-order valence-corrected chi connectivity index (χ3v) is 2.18. The lowest BCUT2D eigenvalue weighted by atomic mass is 10.1. The standard InChI is InChI=1S/C11H24N4O2/c1-9(2)5-3-4-8-13-11(17)15-14-10(16)6-7-12/h9H,3-8,12H2,1-2H3,(H,14,16)(H2,13,15,17). The predicted octanol–water partition coefficient (Wildman–Crippen LogP) is 0.492. The molecule has 0 saturated carbocycles. The molecule has 0 unspecified atom stereocenters. The third-order valence-electron chi connectivity index (χ3n) is 2.18. The van der Waals surface area contributed by atoms with Gasteiger partial charge in [0.05, 0.1) is 0 Å². The molecule has 6 nitrogen and oxygen atoms in total. The minimum atomic E-state index is -0.389. The summed E-state index contributed by atoms with van der Waals surface area (Å²) in [4.78, 5) is 22.1. The first kappa shape index (κ1) is 15.7. The number of rotatable bonds is 7. The topological polar surface area (TPSA) is 96.2 Å². The zero-order valence-corrected chi connectivity index (χ0v) is 10.7. The minimum Gasteiger partial charge on any atom is -0.337 e. The Morgan fingerprint density at radius 2 is 1.88 bits per heavy atom. The van der Waals surface area contributed by atoms with Crippen LogP contribution in [0, 0.1) is 5.92 Å². The summed E-state index contributed by atoms with van der Waals surface area (Å²) in [5.74, 6) is 0.404. The largest absolute Gasteiger partial charge is 0.337 e. The summed E-state index contributed by atoms with van der Waals surface area (Å²) < 4.78 is 0. The first-order valence-electron chi connectivity index (χ1n) is 6.09. The van der Waals surface area contributed by atoms with Crippen molar-refractivity contribution in [3.8, 4) is 0 Å². The zero-order valence-electron chi connectivity index (χ0n) is 10.7. The van der Waals surface area contributed by atoms with Crippen molar-refractivity contribution < 1.29 is 9.59 Å². The van der Waals surface area contributed by atoms with Crippen molar-refractivity contribution >= 4 is 11.9 Å². The normalized spacial score (nSPS) is 10.1. The summed E-state index contributed by atoms with van der Waals surface area (Å²) in [5, 5.41) is 2.66. The maximum absolute atomic E-state index is 11.2. The molecule has 0 fully saturated rings. The SMILES string of the molecule is CC(C)CCCCNC(=O)NNC(=O)CCN. The molecule has 0 radical (unpaired) electrons. The molecular weight excluding hydrogens is 220 g/mol. The van der Waals surface area contributed by atoms with Crippen LogP contribution in [0.25, 0.3) is 0 Å². The van der Waals surface area contributed by atoms with Gasteiger partial charge in [0.1, 0.15) is 0 Å². The maximum atomic E-state index is 11.2. The molecule has 100 valence electrons. The first-order valence-corrected chi connectivity index (χ1v) is 6.09. The number of hydrogen-bond donors (Lipinski definition) is 4. The van der Waals surface area contributed by atoms with Gasteiger partial charge in [-0.05, 0) is 12.3 Å². The number of hydrogen-bond acceptors (Lipinski definition) is 3. The number of hydrazine groups is 1. The Labute approximate surface area is 103 Å². The smallest absolute Gasteiger partial charge is 0.333 e. The van der Waals surface area contributed by atoms with E-state index >= 15 is 0 Å². The van der Waals surface area contributed by atoms with E-state index in [0.29, 0.717) is 12.5 Å². The van der Waals surface area contributed by atoms with E-state index in [2.05, 4.69) is 30.0 Å². The van der Waals surface area contributed by atoms with Gasteiger partial charge in [0.25, 0.3) is 0 Å². The van der Waals surface area contributed by atoms with Crippen molar-refractivity contribution in [3.05, 3.63) is 0 Å². The lowest BCUT2D eigenvalue weighted by Gasteiger charge is -2.09. The molecule has 17 heavy (non-hydrogen) atoms. The number of unbranched alkanes of at least 4 members (excludes halogenated alkanes) is 1. The fraction of sp³-hybridized carbons (Fsp3) is 0.818. The number of carbonyl (C=O) groups excluding carboxylic acids is 2. The van der Waals surface area contributed by atoms with E-state index in [1.807, 2.05) is 0 Å². The molecule has 0 spiro atoms. The van der Waals surface area contributed by atoms with Crippen molar-refractivity contribution in [3.63, 3.8) is 0 Å². The monoisotopic (exact) mass is 244 g/mol. The van der Waals surface area contributed by atoms with Crippen LogP contribution >= 0.6 is 0 Å². The number of amides is 3. The highest BCUT2D eigenvalue weighted by molar-refractivity contribution is 5.81. The number of nitrogens with two attached hydrogens (primary N) is 1. The van der Waals surface area contributed by atoms with E-state index in [0.717, 1.165) is 19.3 Å². The minimum absolute atomic E-state index is 0.203. The van der Waals surface area contributed by atoms with Gasteiger partial charge in [0.2, 0.25) is 5.91 Å². The van der Waals surface area contributed by atoms with Gasteiger partial charge >= 0.3 is 6.03 Å². The van der Waals surface area contributed by atoms with E-state index in [1.165, 1.54) is 0 Å². The first-order chi connectivity index (χ1) is 8.06. The average Bonchev–Trinajstić information content (AvgIpc) is 2.26. The van der Waals surface area contributed by atoms with Gasteiger partial charge in [0.15, 0.2) is 0 Å². The van der Waals surface area contributed by atoms with E-state index in [4.69, 9.17) is 5.73 Å². The number of carbonyl (C=O) groups is 2. The zero-order chi connectivity index (χ0) is 13.1. The van der Waals surface area contributed by atoms with Crippen molar-refractivity contribution in [2.75, 3.05) is 13.1 Å². The number of urea groups is 1. The van der Waals surface area contributed by atoms with Crippen molar-refractivity contribution in [1.29, 1.82) is 0 Å². The van der Waals surface area contributed by atoms with Crippen LogP contribution in [0.4, 0.5) is 4.79 Å². The van der Waals surface area contributed by atoms with Gasteiger partial charge < -0.3 is 11.1 Å². The van der Waals surface area contributed by atoms with Gasteiger partial charge in [-0.3, -0.25) is 10.2 Å². The molecule has 0 atom stereocenters. The van der Waals surface area contributed by atoms with E-state index in [-0.39, 0.29) is 24.9 Å². The molecule has 0 aromatic rings. The van der Waals surface area contributed by atoms with Crippen LogP contribution in [0.2, 0.25) is 0 Å². The Morgan fingerprint density at radius 1 is 1.18 bits per heavy atom. The Morgan fingerprint density at radius 3 is 2.47 bits per heavy atom. The van der Waals surface area contributed by atoms with Gasteiger partial charge in [-0.1, -0.05) is 26.7 Å². The highest BCUT2D eigenvalue weighted by Crippen LogP contribution is 2.04. The van der Waals surface area contributed by atoms with Gasteiger partial charge in [-0.15, -0.1) is 0 Å². The molecule has 5 N–H and O–H groups in total. The van der Waals surface area contributed by atoms with Crippen LogP contribution in [-0.4, -0.2) is 25.0 Å². The second-order valence-corrected chi connectivity index (χ2v) is 4.36. The summed E-state index contributed by atoms with van der Waals surface area (Å²) in [5.41, 5.74) is 9.71. The Kier molecular flexibility index (Phi) is 9.14. The van der Waals surface area contributed by atoms with Crippen molar-refractivity contribution in [2.24, 2.45) is 11.7 Å². The summed E-state index contributed by atoms with van der Waals surface area (Å²) in [6.45, 7) is 5.23. The van der Waals surface area contributed by atoms with E-state index in [1.54, 1.807) is 0 Å². The Hall–Kier alpha value is -1.30. The predicted molar refractivity (Wildman–Crippen MR) is 67.0 cm³/mol. The highest BCUT2D eigenvalue weighted by Gasteiger charge is 2.02. The average molecular weight is 244 g/mol. The van der Waals surface area contributed by atoms with Crippen LogP contribution in [0.5, 0.6) is 0 Å². The van der Waals surface area contributed by atoms with Crippen LogP contribution in [0.15, 0.2) is 0 Å². The molecule has 0 saturated heterocycles. The van der Waals surface area contributed by atoms with Crippen LogP contribution in [0.1, 0.15) is 39.5 Å². The lowest BCUT2D eigenvalue weighted by molar-refractivity contribution is -0.121. The molecule has 0 aliphatic carbocycles. The molecule has 0 rings (SSSR count). The second-order valence-electron chi connectivity index (χ2n) is 4.36. The lowest BCUT2D eigenvalue weighted by Crippen LogP contribution is -2.47. The quantitative estimate of drug-likeness (QED) is 0.387. The maximum Gasteiger partial charge on any atom is 0.333 e. The molecule has 6 heteroatoms. The fourth-order valence-corrected chi connectivity index (χ4v) is 1.24. The Bertz CT molecular complexity index is 232. The van der Waals surface area contributed by atoms with Crippen LogP contribution in [-0.2, 0) is 4.79 Å². The summed E-state index contributed by atoms with van der Waals surface area (Å²) >= 11 is 0. The highest BCUT2D eigenvalue weighted by atomic mass is 16.2. The third kappa shape index (κ3) is 11.0. The molecule has 0 aromatic heterocycles. The molecular formula is C11H24N4O2. The molecule has 0 aliphatic heterocycles. The Balaban J connectivity index is 3.38. The second kappa shape index (κ2) is 9.89. The number of nitrogens with one attached hydrogen (secondary N) is 3. The van der Waals surface area contributed by atoms with Gasteiger partial charge in [0, 0.05) is 19.5 Å². The summed E-state index contributed by atoms with van der Waals surface area (Å²) in [6.07, 6.45) is 3.41. The summed E-state index contributed by atoms with van der Waals surface area (Å²) in [6, 6.07) is -0.389. The van der Waals surface area contributed by atoms with Crippen LogP contribution in [0.3, 0.4) is 0 Å². The molecule has 0 bridgehead atoms. The molecule has 0 heterocycles. The summed E-state index contributed by atoms with van der Waals surface area (Å²) in [7, 11) is 0. The van der Waals surface area contributed by atoms with Crippen molar-refractivity contribution in [2.45, 2.75) is 39.5 Å². The van der Waals surface area contributed by atoms with E-state index < -0.39 is 0 Å². The van der Waals surface area contributed by atoms with Crippen molar-refractivity contribution in [1.82, 2.24) is 16.2 Å². The molecule has 3 amide bonds. The molecule has 0 aliphatic rings. The van der Waals surface area contributed by atoms with E-state index in [9.17, 15) is 9.59 Å². The van der Waals surface area contributed by atoms with Gasteiger partial charge in [-0.25, -0.2) is 10.2 Å².